The molecule has 0 fully saturated rings. The topological polar surface area (TPSA) is 51.8 Å². The molecule has 0 bridgehead atoms. The van der Waals surface area contributed by atoms with Gasteiger partial charge in [-0.2, -0.15) is 0 Å². The molecular formula is C59H39N3O. The number of aromatic nitrogens is 3. The van der Waals surface area contributed by atoms with E-state index < -0.39 is 0 Å². The van der Waals surface area contributed by atoms with Crippen LogP contribution in [0.3, 0.4) is 0 Å². The van der Waals surface area contributed by atoms with E-state index >= 15 is 0 Å². The molecule has 0 aliphatic heterocycles. The van der Waals surface area contributed by atoms with Crippen molar-refractivity contribution in [2.75, 3.05) is 0 Å². The molecule has 1 aliphatic rings. The van der Waals surface area contributed by atoms with Crippen LogP contribution in [0.15, 0.2) is 211 Å². The molecule has 12 rings (SSSR count). The normalized spacial score (nSPS) is 12.3. The van der Waals surface area contributed by atoms with E-state index in [0.29, 0.717) is 5.82 Å². The third-order valence-electron chi connectivity index (χ3n) is 12.4. The van der Waals surface area contributed by atoms with Gasteiger partial charge in [-0.3, -0.25) is 0 Å². The Labute approximate surface area is 365 Å². The smallest absolute Gasteiger partial charge is 0.160 e. The van der Waals surface area contributed by atoms with Gasteiger partial charge >= 0.3 is 0 Å². The van der Waals surface area contributed by atoms with Crippen LogP contribution in [0.5, 0.6) is 0 Å². The van der Waals surface area contributed by atoms with Gasteiger partial charge in [-0.25, -0.2) is 15.0 Å². The van der Waals surface area contributed by atoms with Crippen molar-refractivity contribution >= 4 is 38.7 Å². The summed E-state index contributed by atoms with van der Waals surface area (Å²) in [5, 5.41) is 4.58. The fraction of sp³-hybridized carbons (Fsp3) is 0.0339. The zero-order valence-electron chi connectivity index (χ0n) is 34.4. The molecule has 3 heterocycles. The number of rotatable bonds is 7. The first-order chi connectivity index (χ1) is 31.2. The molecule has 0 N–H and O–H groups in total. The summed E-state index contributed by atoms with van der Waals surface area (Å²) in [7, 11) is 0. The van der Waals surface area contributed by atoms with Gasteiger partial charge in [-0.05, 0) is 52.4 Å². The van der Waals surface area contributed by atoms with Crippen molar-refractivity contribution in [2.45, 2.75) is 12.8 Å². The second-order valence-corrected chi connectivity index (χ2v) is 16.2. The van der Waals surface area contributed by atoms with Crippen molar-refractivity contribution in [1.29, 1.82) is 0 Å². The molecule has 63 heavy (non-hydrogen) atoms. The van der Waals surface area contributed by atoms with Gasteiger partial charge in [-0.15, -0.1) is 0 Å². The minimum absolute atomic E-state index is 0.687. The van der Waals surface area contributed by atoms with Crippen LogP contribution in [0.4, 0.5) is 0 Å². The number of para-hydroxylation sites is 1. The van der Waals surface area contributed by atoms with Crippen LogP contribution < -0.4 is 0 Å². The molecule has 0 saturated carbocycles. The number of hydrogen-bond acceptors (Lipinski definition) is 4. The van der Waals surface area contributed by atoms with Crippen molar-refractivity contribution in [3.8, 4) is 78.5 Å². The van der Waals surface area contributed by atoms with Crippen molar-refractivity contribution < 1.29 is 4.42 Å². The highest BCUT2D eigenvalue weighted by atomic mass is 16.3. The highest BCUT2D eigenvalue weighted by Crippen LogP contribution is 2.47. The fourth-order valence-electron chi connectivity index (χ4n) is 9.23. The Hall–Kier alpha value is -8.21. The fourth-order valence-corrected chi connectivity index (χ4v) is 9.23. The molecule has 8 aromatic carbocycles. The van der Waals surface area contributed by atoms with Crippen molar-refractivity contribution in [1.82, 2.24) is 15.0 Å². The monoisotopic (exact) mass is 805 g/mol. The first-order valence-electron chi connectivity index (χ1n) is 21.6. The maximum absolute atomic E-state index is 6.67. The van der Waals surface area contributed by atoms with Crippen molar-refractivity contribution in [2.24, 2.45) is 0 Å². The van der Waals surface area contributed by atoms with E-state index in [1.54, 1.807) is 0 Å². The van der Waals surface area contributed by atoms with Gasteiger partial charge in [-0.1, -0.05) is 194 Å². The van der Waals surface area contributed by atoms with Crippen LogP contribution >= 0.6 is 0 Å². The molecule has 3 aromatic heterocycles. The highest BCUT2D eigenvalue weighted by Gasteiger charge is 2.24. The third kappa shape index (κ3) is 6.61. The summed E-state index contributed by atoms with van der Waals surface area (Å²) >= 11 is 0. The Bertz CT molecular complexity index is 3500. The van der Waals surface area contributed by atoms with Gasteiger partial charge in [0.1, 0.15) is 11.3 Å². The highest BCUT2D eigenvalue weighted by molar-refractivity contribution is 6.24. The molecular weight excluding hydrogens is 767 g/mol. The second-order valence-electron chi connectivity index (χ2n) is 16.2. The van der Waals surface area contributed by atoms with Crippen LogP contribution in [-0.2, 0) is 6.42 Å². The standard InChI is InChI=1S/C59H39N3O/c1-4-14-38(15-5-1)39-24-30-43(31-25-39)52-37-51(42-16-6-2-7-17-42)61-59(62-52)46-34-28-41(29-35-46)40-26-32-45(33-27-40)58-49-36-54-57(48-21-11-13-23-53(48)63-54)55(44-18-8-3-9-19-44)56(49)47-20-10-12-22-50(47)60-58/h1-12,14-22,24-37H,13,23H2. The lowest BCUT2D eigenvalue weighted by Gasteiger charge is -2.16. The Balaban J connectivity index is 0.923. The van der Waals surface area contributed by atoms with Gasteiger partial charge in [0.2, 0.25) is 0 Å². The molecule has 4 heteroatoms. The van der Waals surface area contributed by atoms with Crippen LogP contribution in [-0.4, -0.2) is 15.0 Å². The maximum atomic E-state index is 6.67. The molecule has 0 saturated heterocycles. The lowest BCUT2D eigenvalue weighted by molar-refractivity contribution is 0.546. The Kier molecular flexibility index (Phi) is 8.93. The zero-order valence-corrected chi connectivity index (χ0v) is 34.4. The number of pyridine rings is 1. The summed E-state index contributed by atoms with van der Waals surface area (Å²) in [6, 6.07) is 70.4. The molecule has 296 valence electrons. The summed E-state index contributed by atoms with van der Waals surface area (Å²) in [5.74, 6) is 1.74. The SMILES string of the molecule is C1=Cc2c(oc3cc4c(-c5ccc(-c6ccc(-c7nc(-c8ccccc8)cc(-c8ccc(-c9ccccc9)cc8)n7)cc6)cc5)nc5ccccc5c4c(-c4ccccc4)c23)CC1. The van der Waals surface area contributed by atoms with E-state index in [1.807, 2.05) is 24.3 Å². The number of furan rings is 1. The predicted molar refractivity (Wildman–Crippen MR) is 260 cm³/mol. The lowest BCUT2D eigenvalue weighted by Crippen LogP contribution is -1.96. The lowest BCUT2D eigenvalue weighted by atomic mass is 9.88. The Morgan fingerprint density at radius 3 is 1.56 bits per heavy atom. The van der Waals surface area contributed by atoms with E-state index in [0.717, 1.165) is 90.9 Å². The van der Waals surface area contributed by atoms with E-state index in [4.69, 9.17) is 19.4 Å². The summed E-state index contributed by atoms with van der Waals surface area (Å²) in [4.78, 5) is 15.6. The number of benzene rings is 8. The average Bonchev–Trinajstić information content (AvgIpc) is 3.74. The van der Waals surface area contributed by atoms with E-state index in [9.17, 15) is 0 Å². The Morgan fingerprint density at radius 2 is 0.905 bits per heavy atom. The minimum Gasteiger partial charge on any atom is -0.460 e. The van der Waals surface area contributed by atoms with Gasteiger partial charge < -0.3 is 4.42 Å². The summed E-state index contributed by atoms with van der Waals surface area (Å²) in [5.41, 5.74) is 16.8. The molecule has 1 aliphatic carbocycles. The van der Waals surface area contributed by atoms with Gasteiger partial charge in [0.15, 0.2) is 5.82 Å². The summed E-state index contributed by atoms with van der Waals surface area (Å²) < 4.78 is 6.67. The second kappa shape index (κ2) is 15.4. The number of nitrogens with zero attached hydrogens (tertiary/aromatic N) is 3. The van der Waals surface area contributed by atoms with Gasteiger partial charge in [0, 0.05) is 61.3 Å². The largest absolute Gasteiger partial charge is 0.460 e. The number of fused-ring (bicyclic) bond motifs is 6. The third-order valence-corrected chi connectivity index (χ3v) is 12.4. The molecule has 0 atom stereocenters. The number of aryl methyl sites for hydroxylation is 1. The summed E-state index contributed by atoms with van der Waals surface area (Å²) in [6.45, 7) is 0. The molecule has 0 radical (unpaired) electrons. The van der Waals surface area contributed by atoms with Gasteiger partial charge in [0.25, 0.3) is 0 Å². The summed E-state index contributed by atoms with van der Waals surface area (Å²) in [6.07, 6.45) is 6.40. The van der Waals surface area contributed by atoms with Crippen LogP contribution in [0.1, 0.15) is 17.7 Å². The van der Waals surface area contributed by atoms with E-state index in [-0.39, 0.29) is 0 Å². The quantitative estimate of drug-likeness (QED) is 0.151. The van der Waals surface area contributed by atoms with Crippen molar-refractivity contribution in [3.05, 3.63) is 218 Å². The van der Waals surface area contributed by atoms with Gasteiger partial charge in [0.05, 0.1) is 22.6 Å². The molecule has 0 spiro atoms. The first kappa shape index (κ1) is 36.6. The molecule has 0 amide bonds. The van der Waals surface area contributed by atoms with Crippen LogP contribution in [0.25, 0.3) is 117 Å². The van der Waals surface area contributed by atoms with Crippen LogP contribution in [0.2, 0.25) is 0 Å². The van der Waals surface area contributed by atoms with Crippen molar-refractivity contribution in [3.63, 3.8) is 0 Å². The number of allylic oxidation sites excluding steroid dienone is 1. The van der Waals surface area contributed by atoms with E-state index in [1.165, 1.54) is 38.6 Å². The van der Waals surface area contributed by atoms with Crippen LogP contribution in [0, 0.1) is 0 Å². The minimum atomic E-state index is 0.687. The molecule has 0 unspecified atom stereocenters. The molecule has 11 aromatic rings. The maximum Gasteiger partial charge on any atom is 0.160 e. The zero-order chi connectivity index (χ0) is 41.7. The Morgan fingerprint density at radius 1 is 0.397 bits per heavy atom. The predicted octanol–water partition coefficient (Wildman–Crippen LogP) is 15.6. The molecule has 4 nitrogen and oxygen atoms in total. The van der Waals surface area contributed by atoms with E-state index in [2.05, 4.69) is 188 Å². The first-order valence-corrected chi connectivity index (χ1v) is 21.6. The number of hydrogen-bond donors (Lipinski definition) is 0. The average molecular weight is 806 g/mol.